The first-order valence-electron chi connectivity index (χ1n) is 14.7. The lowest BCUT2D eigenvalue weighted by atomic mass is 9.99. The van der Waals surface area contributed by atoms with Crippen LogP contribution >= 0.6 is 11.3 Å². The maximum Gasteiger partial charge on any atom is 0.253 e. The molecule has 1 atom stereocenters. The summed E-state index contributed by atoms with van der Waals surface area (Å²) in [4.78, 5) is 18.5. The average molecular weight is 590 g/mol. The van der Waals surface area contributed by atoms with E-state index in [0.717, 1.165) is 58.2 Å². The molecule has 8 heteroatoms. The topological polar surface area (TPSA) is 74.6 Å². The van der Waals surface area contributed by atoms with Crippen LogP contribution in [0.5, 0.6) is 17.2 Å². The number of nitrogens with one attached hydrogen (secondary N) is 1. The van der Waals surface area contributed by atoms with Crippen LogP contribution < -0.4 is 19.5 Å². The summed E-state index contributed by atoms with van der Waals surface area (Å²) in [6.45, 7) is 7.81. The Balaban J connectivity index is 1.64. The first-order valence-corrected chi connectivity index (χ1v) is 15.6. The van der Waals surface area contributed by atoms with E-state index in [-0.39, 0.29) is 5.91 Å². The van der Waals surface area contributed by atoms with Gasteiger partial charge in [-0.25, -0.2) is 4.98 Å². The lowest BCUT2D eigenvalue weighted by molar-refractivity contribution is 0.0945. The molecule has 4 rings (SSSR count). The molecule has 0 bridgehead atoms. The van der Waals surface area contributed by atoms with Gasteiger partial charge in [0.2, 0.25) is 0 Å². The Morgan fingerprint density at radius 3 is 2.43 bits per heavy atom. The van der Waals surface area contributed by atoms with Crippen LogP contribution in [0, 0.1) is 12.8 Å². The smallest absolute Gasteiger partial charge is 0.253 e. The normalized spacial score (nSPS) is 11.8. The van der Waals surface area contributed by atoms with Gasteiger partial charge in [-0.2, -0.15) is 0 Å². The second-order valence-corrected chi connectivity index (χ2v) is 11.4. The number of benzene rings is 2. The summed E-state index contributed by atoms with van der Waals surface area (Å²) in [6, 6.07) is 15.9. The molecule has 0 aliphatic heterocycles. The first-order chi connectivity index (χ1) is 20.4. The SMILES string of the molecule is CCCCC(CC)CNC(=O)c1cc(-c2csc(-c3ccc(OC)cc3)n2)n(CCc2ccc(OC)c(OC)c2)c1C. The molecule has 1 N–H and O–H groups in total. The standard InChI is InChI=1S/C34H43N3O4S/c1-7-9-10-24(8-2)21-35-33(38)28-20-30(29-22-42-34(36-29)26-12-14-27(39-4)15-13-26)37(23(28)3)18-17-25-11-16-31(40-5)32(19-25)41-6/h11-16,19-20,22,24H,7-10,17-18,21H2,1-6H3,(H,35,38). The van der Waals surface area contributed by atoms with Crippen LogP contribution in [0.15, 0.2) is 53.9 Å². The zero-order valence-corrected chi connectivity index (χ0v) is 26.5. The van der Waals surface area contributed by atoms with Gasteiger partial charge < -0.3 is 24.1 Å². The maximum atomic E-state index is 13.5. The fraction of sp³-hybridized carbons (Fsp3) is 0.412. The molecule has 1 amide bonds. The summed E-state index contributed by atoms with van der Waals surface area (Å²) < 4.78 is 18.5. The number of amides is 1. The number of carbonyl (C=O) groups is 1. The monoisotopic (exact) mass is 589 g/mol. The van der Waals surface area contributed by atoms with Crippen molar-refractivity contribution in [3.8, 4) is 39.2 Å². The molecule has 0 saturated heterocycles. The zero-order valence-electron chi connectivity index (χ0n) is 25.7. The molecule has 0 saturated carbocycles. The molecule has 0 aliphatic carbocycles. The highest BCUT2D eigenvalue weighted by Gasteiger charge is 2.21. The third kappa shape index (κ3) is 7.34. The molecule has 0 radical (unpaired) electrons. The number of rotatable bonds is 15. The van der Waals surface area contributed by atoms with Crippen LogP contribution in [-0.2, 0) is 13.0 Å². The van der Waals surface area contributed by atoms with Gasteiger partial charge in [0.25, 0.3) is 5.91 Å². The van der Waals surface area contributed by atoms with Crippen LogP contribution in [0.1, 0.15) is 61.1 Å². The number of carbonyl (C=O) groups excluding carboxylic acids is 1. The Bertz CT molecular complexity index is 1460. The summed E-state index contributed by atoms with van der Waals surface area (Å²) >= 11 is 1.60. The minimum Gasteiger partial charge on any atom is -0.497 e. The van der Waals surface area contributed by atoms with Gasteiger partial charge in [0, 0.05) is 29.7 Å². The first kappa shape index (κ1) is 31.2. The van der Waals surface area contributed by atoms with E-state index in [1.54, 1.807) is 32.7 Å². The lowest BCUT2D eigenvalue weighted by Gasteiger charge is -2.15. The summed E-state index contributed by atoms with van der Waals surface area (Å²) in [6.07, 6.45) is 5.31. The van der Waals surface area contributed by atoms with Gasteiger partial charge in [0.05, 0.1) is 38.3 Å². The Morgan fingerprint density at radius 1 is 1.00 bits per heavy atom. The van der Waals surface area contributed by atoms with E-state index in [9.17, 15) is 4.79 Å². The van der Waals surface area contributed by atoms with Crippen molar-refractivity contribution in [1.29, 1.82) is 0 Å². The molecule has 0 spiro atoms. The predicted molar refractivity (Wildman–Crippen MR) is 171 cm³/mol. The van der Waals surface area contributed by atoms with E-state index < -0.39 is 0 Å². The highest BCUT2D eigenvalue weighted by atomic mass is 32.1. The second-order valence-electron chi connectivity index (χ2n) is 10.5. The molecule has 4 aromatic rings. The van der Waals surface area contributed by atoms with Gasteiger partial charge in [-0.3, -0.25) is 4.79 Å². The number of unbranched alkanes of at least 4 members (excludes halogenated alkanes) is 1. The van der Waals surface area contributed by atoms with Crippen LogP contribution in [0.2, 0.25) is 0 Å². The number of thiazole rings is 1. The summed E-state index contributed by atoms with van der Waals surface area (Å²) in [5, 5.41) is 6.21. The minimum atomic E-state index is -0.0285. The van der Waals surface area contributed by atoms with E-state index in [2.05, 4.69) is 35.2 Å². The Morgan fingerprint density at radius 2 is 1.76 bits per heavy atom. The van der Waals surface area contributed by atoms with Crippen molar-refractivity contribution in [3.63, 3.8) is 0 Å². The van der Waals surface area contributed by atoms with Crippen LogP contribution in [0.3, 0.4) is 0 Å². The van der Waals surface area contributed by atoms with E-state index in [0.29, 0.717) is 36.1 Å². The Kier molecular flexibility index (Phi) is 11.1. The van der Waals surface area contributed by atoms with Crippen molar-refractivity contribution >= 4 is 17.2 Å². The number of aryl methyl sites for hydroxylation is 1. The third-order valence-electron chi connectivity index (χ3n) is 7.88. The van der Waals surface area contributed by atoms with Crippen molar-refractivity contribution in [1.82, 2.24) is 14.9 Å². The molecule has 2 aromatic heterocycles. The fourth-order valence-electron chi connectivity index (χ4n) is 5.19. The quantitative estimate of drug-likeness (QED) is 0.153. The van der Waals surface area contributed by atoms with Gasteiger partial charge in [0.15, 0.2) is 11.5 Å². The van der Waals surface area contributed by atoms with Crippen molar-refractivity contribution in [2.75, 3.05) is 27.9 Å². The van der Waals surface area contributed by atoms with Crippen molar-refractivity contribution in [2.45, 2.75) is 59.4 Å². The molecule has 224 valence electrons. The number of hydrogen-bond donors (Lipinski definition) is 1. The summed E-state index contributed by atoms with van der Waals surface area (Å²) in [5.74, 6) is 2.68. The Labute approximate surface area is 253 Å². The number of methoxy groups -OCH3 is 3. The Hall–Kier alpha value is -3.78. The molecule has 7 nitrogen and oxygen atoms in total. The van der Waals surface area contributed by atoms with Gasteiger partial charge >= 0.3 is 0 Å². The lowest BCUT2D eigenvalue weighted by Crippen LogP contribution is -2.29. The molecule has 2 heterocycles. The van der Waals surface area contributed by atoms with Gasteiger partial charge in [-0.1, -0.05) is 39.2 Å². The highest BCUT2D eigenvalue weighted by Crippen LogP contribution is 2.33. The maximum absolute atomic E-state index is 13.5. The van der Waals surface area contributed by atoms with Gasteiger partial charge in [0.1, 0.15) is 10.8 Å². The number of ether oxygens (including phenoxy) is 3. The van der Waals surface area contributed by atoms with Gasteiger partial charge in [-0.15, -0.1) is 11.3 Å². The minimum absolute atomic E-state index is 0.0285. The molecule has 0 aliphatic rings. The summed E-state index contributed by atoms with van der Waals surface area (Å²) in [7, 11) is 4.95. The average Bonchev–Trinajstić information content (AvgIpc) is 3.64. The highest BCUT2D eigenvalue weighted by molar-refractivity contribution is 7.13. The fourth-order valence-corrected chi connectivity index (χ4v) is 6.01. The molecular formula is C34H43N3O4S. The van der Waals surface area contributed by atoms with E-state index in [1.165, 1.54) is 12.8 Å². The summed E-state index contributed by atoms with van der Waals surface area (Å²) in [5.41, 5.74) is 5.58. The molecule has 0 fully saturated rings. The van der Waals surface area contributed by atoms with Crippen molar-refractivity contribution in [2.24, 2.45) is 5.92 Å². The van der Waals surface area contributed by atoms with Crippen molar-refractivity contribution in [3.05, 3.63) is 70.7 Å². The van der Waals surface area contributed by atoms with E-state index in [1.807, 2.05) is 49.4 Å². The third-order valence-corrected chi connectivity index (χ3v) is 8.77. The van der Waals surface area contributed by atoms with Crippen LogP contribution in [0.4, 0.5) is 0 Å². The van der Waals surface area contributed by atoms with E-state index >= 15 is 0 Å². The number of nitrogens with zero attached hydrogens (tertiary/aromatic N) is 2. The molecule has 2 aromatic carbocycles. The van der Waals surface area contributed by atoms with Crippen molar-refractivity contribution < 1.29 is 19.0 Å². The largest absolute Gasteiger partial charge is 0.497 e. The van der Waals surface area contributed by atoms with Crippen LogP contribution in [0.25, 0.3) is 22.0 Å². The zero-order chi connectivity index (χ0) is 30.1. The molecular weight excluding hydrogens is 546 g/mol. The van der Waals surface area contributed by atoms with E-state index in [4.69, 9.17) is 19.2 Å². The van der Waals surface area contributed by atoms with Crippen LogP contribution in [-0.4, -0.2) is 43.3 Å². The number of aromatic nitrogens is 2. The van der Waals surface area contributed by atoms with Gasteiger partial charge in [-0.05, 0) is 73.7 Å². The second kappa shape index (κ2) is 14.9. The number of hydrogen-bond acceptors (Lipinski definition) is 6. The molecule has 1 unspecified atom stereocenters. The molecule has 42 heavy (non-hydrogen) atoms. The predicted octanol–water partition coefficient (Wildman–Crippen LogP) is 7.80.